The number of aliphatic hydroxyl groups excluding tert-OH is 1. The molecule has 2 amide bonds. The summed E-state index contributed by atoms with van der Waals surface area (Å²) in [5, 5.41) is 13.9. The summed E-state index contributed by atoms with van der Waals surface area (Å²) in [5.41, 5.74) is 0.155. The van der Waals surface area contributed by atoms with E-state index >= 15 is 0 Å². The Morgan fingerprint density at radius 3 is 2.74 bits per heavy atom. The van der Waals surface area contributed by atoms with E-state index in [1.54, 1.807) is 0 Å². The van der Waals surface area contributed by atoms with Crippen LogP contribution in [0.5, 0.6) is 0 Å². The summed E-state index contributed by atoms with van der Waals surface area (Å²) in [4.78, 5) is 23.1. The van der Waals surface area contributed by atoms with E-state index in [4.69, 9.17) is 5.11 Å². The van der Waals surface area contributed by atoms with Crippen LogP contribution in [0.2, 0.25) is 0 Å². The Kier molecular flexibility index (Phi) is 5.95. The molecule has 1 atom stereocenters. The van der Waals surface area contributed by atoms with Crippen molar-refractivity contribution in [2.75, 3.05) is 13.2 Å². The third kappa shape index (κ3) is 5.05. The Balaban J connectivity index is 2.44. The van der Waals surface area contributed by atoms with Crippen LogP contribution in [0.25, 0.3) is 0 Å². The molecule has 0 aromatic heterocycles. The van der Waals surface area contributed by atoms with Gasteiger partial charge in [-0.1, -0.05) is 13.0 Å². The molecule has 19 heavy (non-hydrogen) atoms. The second kappa shape index (κ2) is 7.48. The van der Waals surface area contributed by atoms with Gasteiger partial charge in [0.2, 0.25) is 5.91 Å². The lowest BCUT2D eigenvalue weighted by molar-refractivity contribution is -0.121. The maximum Gasteiger partial charge on any atom is 0.251 e. The lowest BCUT2D eigenvalue weighted by Crippen LogP contribution is -2.43. The number of carbonyl (C=O) groups is 2. The number of hydrogen-bond donors (Lipinski definition) is 3. The van der Waals surface area contributed by atoms with Gasteiger partial charge in [-0.25, -0.2) is 4.39 Å². The van der Waals surface area contributed by atoms with Gasteiger partial charge in [0.25, 0.3) is 5.91 Å². The van der Waals surface area contributed by atoms with Crippen molar-refractivity contribution in [1.82, 2.24) is 10.6 Å². The van der Waals surface area contributed by atoms with Crippen molar-refractivity contribution in [3.8, 4) is 0 Å². The minimum atomic E-state index is -0.522. The molecule has 0 saturated heterocycles. The fourth-order valence-corrected chi connectivity index (χ4v) is 1.45. The molecule has 1 rings (SSSR count). The van der Waals surface area contributed by atoms with Crippen molar-refractivity contribution in [3.63, 3.8) is 0 Å². The van der Waals surface area contributed by atoms with Crippen LogP contribution in [0.4, 0.5) is 4.39 Å². The number of halogens is 1. The lowest BCUT2D eigenvalue weighted by Gasteiger charge is -2.14. The van der Waals surface area contributed by atoms with E-state index in [0.29, 0.717) is 6.42 Å². The molecule has 0 radical (unpaired) electrons. The molecule has 0 spiro atoms. The molecule has 0 aliphatic rings. The van der Waals surface area contributed by atoms with Gasteiger partial charge in [0, 0.05) is 5.56 Å². The summed E-state index contributed by atoms with van der Waals surface area (Å²) >= 11 is 0. The fraction of sp³-hybridized carbons (Fsp3) is 0.385. The van der Waals surface area contributed by atoms with Crippen molar-refractivity contribution in [2.24, 2.45) is 0 Å². The van der Waals surface area contributed by atoms with E-state index in [0.717, 1.165) is 6.07 Å². The molecule has 0 unspecified atom stereocenters. The number of amides is 2. The molecule has 104 valence electrons. The smallest absolute Gasteiger partial charge is 0.251 e. The molecular weight excluding hydrogens is 251 g/mol. The highest BCUT2D eigenvalue weighted by Crippen LogP contribution is 2.02. The topological polar surface area (TPSA) is 78.4 Å². The number of aliphatic hydroxyl groups is 1. The van der Waals surface area contributed by atoms with Gasteiger partial charge in [-0.2, -0.15) is 0 Å². The summed E-state index contributed by atoms with van der Waals surface area (Å²) in [5.74, 6) is -1.43. The van der Waals surface area contributed by atoms with Crippen molar-refractivity contribution in [2.45, 2.75) is 19.4 Å². The zero-order valence-corrected chi connectivity index (χ0v) is 10.6. The van der Waals surface area contributed by atoms with E-state index in [1.807, 2.05) is 6.92 Å². The van der Waals surface area contributed by atoms with Gasteiger partial charge in [-0.15, -0.1) is 0 Å². The van der Waals surface area contributed by atoms with Crippen LogP contribution in [0.1, 0.15) is 23.7 Å². The summed E-state index contributed by atoms with van der Waals surface area (Å²) in [6, 6.07) is 4.88. The maximum absolute atomic E-state index is 12.9. The third-order valence-electron chi connectivity index (χ3n) is 2.57. The van der Waals surface area contributed by atoms with E-state index in [9.17, 15) is 14.0 Å². The van der Waals surface area contributed by atoms with Crippen molar-refractivity contribution < 1.29 is 19.1 Å². The molecule has 0 saturated carbocycles. The molecule has 3 N–H and O–H groups in total. The Bertz CT molecular complexity index is 447. The molecule has 0 aliphatic heterocycles. The van der Waals surface area contributed by atoms with Crippen LogP contribution < -0.4 is 10.6 Å². The van der Waals surface area contributed by atoms with E-state index in [-0.39, 0.29) is 24.8 Å². The molecule has 0 fully saturated rings. The van der Waals surface area contributed by atoms with E-state index < -0.39 is 17.6 Å². The highest BCUT2D eigenvalue weighted by Gasteiger charge is 2.11. The van der Waals surface area contributed by atoms with Crippen molar-refractivity contribution in [1.29, 1.82) is 0 Å². The first-order valence-electron chi connectivity index (χ1n) is 6.00. The highest BCUT2D eigenvalue weighted by atomic mass is 19.1. The Morgan fingerprint density at radius 1 is 1.42 bits per heavy atom. The number of hydrogen-bond acceptors (Lipinski definition) is 3. The molecule has 0 bridgehead atoms. The third-order valence-corrected chi connectivity index (χ3v) is 2.57. The fourth-order valence-electron chi connectivity index (χ4n) is 1.45. The highest BCUT2D eigenvalue weighted by molar-refractivity contribution is 5.96. The van der Waals surface area contributed by atoms with Crippen molar-refractivity contribution in [3.05, 3.63) is 35.6 Å². The average molecular weight is 268 g/mol. The molecule has 1 aromatic rings. The zero-order chi connectivity index (χ0) is 14.3. The molecule has 0 aliphatic carbocycles. The second-order valence-corrected chi connectivity index (χ2v) is 4.05. The zero-order valence-electron chi connectivity index (χ0n) is 10.6. The number of nitrogens with one attached hydrogen (secondary N) is 2. The van der Waals surface area contributed by atoms with Gasteiger partial charge in [-0.3, -0.25) is 9.59 Å². The van der Waals surface area contributed by atoms with E-state index in [2.05, 4.69) is 10.6 Å². The largest absolute Gasteiger partial charge is 0.394 e. The van der Waals surface area contributed by atoms with Crippen LogP contribution in [-0.4, -0.2) is 36.1 Å². The molecular formula is C13H17FN2O3. The van der Waals surface area contributed by atoms with Crippen LogP contribution >= 0.6 is 0 Å². The number of rotatable bonds is 6. The van der Waals surface area contributed by atoms with Crippen LogP contribution in [0.15, 0.2) is 24.3 Å². The lowest BCUT2D eigenvalue weighted by atomic mass is 10.2. The molecule has 5 nitrogen and oxygen atoms in total. The van der Waals surface area contributed by atoms with Gasteiger partial charge in [0.1, 0.15) is 5.82 Å². The second-order valence-electron chi connectivity index (χ2n) is 4.05. The average Bonchev–Trinajstić information content (AvgIpc) is 2.42. The SMILES string of the molecule is CC[C@H](CO)NC(=O)CNC(=O)c1cccc(F)c1. The Hall–Kier alpha value is -1.95. The summed E-state index contributed by atoms with van der Waals surface area (Å²) in [7, 11) is 0. The first-order valence-corrected chi connectivity index (χ1v) is 6.00. The monoisotopic (exact) mass is 268 g/mol. The molecule has 1 aromatic carbocycles. The maximum atomic E-state index is 12.9. The molecule has 6 heteroatoms. The van der Waals surface area contributed by atoms with Gasteiger partial charge in [-0.05, 0) is 24.6 Å². The van der Waals surface area contributed by atoms with Gasteiger partial charge in [0.15, 0.2) is 0 Å². The van der Waals surface area contributed by atoms with E-state index in [1.165, 1.54) is 18.2 Å². The van der Waals surface area contributed by atoms with Crippen LogP contribution in [-0.2, 0) is 4.79 Å². The van der Waals surface area contributed by atoms with Gasteiger partial charge in [0.05, 0.1) is 19.2 Å². The van der Waals surface area contributed by atoms with Crippen LogP contribution in [0, 0.1) is 5.82 Å². The van der Waals surface area contributed by atoms with Gasteiger partial charge < -0.3 is 15.7 Å². The minimum absolute atomic E-state index is 0.153. The predicted molar refractivity (Wildman–Crippen MR) is 68.0 cm³/mol. The van der Waals surface area contributed by atoms with Crippen LogP contribution in [0.3, 0.4) is 0 Å². The summed E-state index contributed by atoms with van der Waals surface area (Å²) in [6.45, 7) is 1.46. The van der Waals surface area contributed by atoms with Gasteiger partial charge >= 0.3 is 0 Å². The number of carbonyl (C=O) groups excluding carboxylic acids is 2. The Morgan fingerprint density at radius 2 is 2.16 bits per heavy atom. The summed E-state index contributed by atoms with van der Waals surface area (Å²) < 4.78 is 12.9. The standard InChI is InChI=1S/C13H17FN2O3/c1-2-11(8-17)16-12(18)7-15-13(19)9-4-3-5-10(14)6-9/h3-6,11,17H,2,7-8H2,1H3,(H,15,19)(H,16,18)/t11-/m1/s1. The normalized spacial score (nSPS) is 11.7. The first-order chi connectivity index (χ1) is 9.06. The summed E-state index contributed by atoms with van der Waals surface area (Å²) in [6.07, 6.45) is 0.597. The Labute approximate surface area is 110 Å². The van der Waals surface area contributed by atoms with Crippen molar-refractivity contribution >= 4 is 11.8 Å². The number of benzene rings is 1. The minimum Gasteiger partial charge on any atom is -0.394 e. The quantitative estimate of drug-likeness (QED) is 0.700. The first kappa shape index (κ1) is 15.1. The predicted octanol–water partition coefficient (Wildman–Crippen LogP) is 0.443. The molecule has 0 heterocycles.